The molecule has 8 heteroatoms. The van der Waals surface area contributed by atoms with Crippen LogP contribution in [0.4, 0.5) is 5.69 Å². The van der Waals surface area contributed by atoms with Gasteiger partial charge in [0.15, 0.2) is 5.16 Å². The minimum Gasteiger partial charge on any atom is -0.466 e. The maximum atomic E-state index is 13.1. The summed E-state index contributed by atoms with van der Waals surface area (Å²) < 4.78 is 6.98. The summed E-state index contributed by atoms with van der Waals surface area (Å²) in [5.41, 5.74) is 3.01. The van der Waals surface area contributed by atoms with Gasteiger partial charge in [-0.15, -0.1) is 10.2 Å². The van der Waals surface area contributed by atoms with Gasteiger partial charge >= 0.3 is 5.97 Å². The Balaban J connectivity index is 1.79. The molecule has 3 aromatic rings. The summed E-state index contributed by atoms with van der Waals surface area (Å²) in [6.07, 6.45) is 1.01. The molecular weight excluding hydrogens is 448 g/mol. The molecular formula is C26H32N4O3S. The Morgan fingerprint density at radius 2 is 1.74 bits per heavy atom. The molecule has 0 aliphatic heterocycles. The SMILES string of the molecule is CCOC(=O)Cc1nnc(S[C@@H](C)C(=O)Nc2ccccc2[C@H](C)CC)n1Cc1ccccc1. The molecule has 0 fully saturated rings. The van der Waals surface area contributed by atoms with Crippen LogP contribution in [0.25, 0.3) is 0 Å². The van der Waals surface area contributed by atoms with Gasteiger partial charge in [0.25, 0.3) is 0 Å². The Morgan fingerprint density at radius 3 is 2.44 bits per heavy atom. The van der Waals surface area contributed by atoms with Crippen LogP contribution < -0.4 is 5.32 Å². The molecule has 0 unspecified atom stereocenters. The predicted octanol–water partition coefficient (Wildman–Crippen LogP) is 5.06. The summed E-state index contributed by atoms with van der Waals surface area (Å²) in [5.74, 6) is 0.397. The normalized spacial score (nSPS) is 12.7. The molecule has 0 aliphatic rings. The number of hydrogen-bond acceptors (Lipinski definition) is 6. The van der Waals surface area contributed by atoms with Crippen molar-refractivity contribution < 1.29 is 14.3 Å². The van der Waals surface area contributed by atoms with Gasteiger partial charge < -0.3 is 14.6 Å². The number of benzene rings is 2. The first kappa shape index (κ1) is 25.5. The highest BCUT2D eigenvalue weighted by Crippen LogP contribution is 2.29. The number of rotatable bonds is 11. The highest BCUT2D eigenvalue weighted by Gasteiger charge is 2.23. The van der Waals surface area contributed by atoms with E-state index in [1.165, 1.54) is 11.8 Å². The van der Waals surface area contributed by atoms with E-state index in [9.17, 15) is 9.59 Å². The molecule has 1 heterocycles. The third kappa shape index (κ3) is 6.70. The van der Waals surface area contributed by atoms with E-state index in [1.807, 2.05) is 60.0 Å². The number of thioether (sulfide) groups is 1. The lowest BCUT2D eigenvalue weighted by molar-refractivity contribution is -0.142. The fourth-order valence-electron chi connectivity index (χ4n) is 3.51. The van der Waals surface area contributed by atoms with Gasteiger partial charge in [-0.1, -0.05) is 74.1 Å². The van der Waals surface area contributed by atoms with Gasteiger partial charge in [0, 0.05) is 5.69 Å². The van der Waals surface area contributed by atoms with Crippen LogP contribution in [0.1, 0.15) is 57.0 Å². The average Bonchev–Trinajstić information content (AvgIpc) is 3.20. The fraction of sp³-hybridized carbons (Fsp3) is 0.385. The van der Waals surface area contributed by atoms with Crippen molar-refractivity contribution in [2.45, 2.75) is 63.4 Å². The van der Waals surface area contributed by atoms with Crippen LogP contribution >= 0.6 is 11.8 Å². The van der Waals surface area contributed by atoms with Crippen LogP contribution in [0.3, 0.4) is 0 Å². The van der Waals surface area contributed by atoms with Crippen molar-refractivity contribution in [1.82, 2.24) is 14.8 Å². The largest absolute Gasteiger partial charge is 0.466 e. The van der Waals surface area contributed by atoms with Crippen molar-refractivity contribution in [1.29, 1.82) is 0 Å². The minimum atomic E-state index is -0.417. The number of nitrogens with one attached hydrogen (secondary N) is 1. The number of aromatic nitrogens is 3. The van der Waals surface area contributed by atoms with Gasteiger partial charge in [0.1, 0.15) is 12.2 Å². The second kappa shape index (κ2) is 12.4. The first-order chi connectivity index (χ1) is 16.4. The third-order valence-electron chi connectivity index (χ3n) is 5.60. The number of nitrogens with zero attached hydrogens (tertiary/aromatic N) is 3. The van der Waals surface area contributed by atoms with E-state index < -0.39 is 5.25 Å². The van der Waals surface area contributed by atoms with Gasteiger partial charge in [-0.05, 0) is 43.4 Å². The lowest BCUT2D eigenvalue weighted by Crippen LogP contribution is -2.24. The highest BCUT2D eigenvalue weighted by atomic mass is 32.2. The van der Waals surface area contributed by atoms with Crippen LogP contribution in [-0.2, 0) is 27.3 Å². The van der Waals surface area contributed by atoms with Gasteiger partial charge in [-0.25, -0.2) is 0 Å². The summed E-state index contributed by atoms with van der Waals surface area (Å²) >= 11 is 1.32. The number of esters is 1. The molecule has 1 amide bonds. The van der Waals surface area contributed by atoms with E-state index in [2.05, 4.69) is 35.4 Å². The van der Waals surface area contributed by atoms with Crippen molar-refractivity contribution in [3.8, 4) is 0 Å². The number of hydrogen-bond donors (Lipinski definition) is 1. The van der Waals surface area contributed by atoms with Crippen molar-refractivity contribution in [3.05, 3.63) is 71.5 Å². The smallest absolute Gasteiger partial charge is 0.313 e. The Bertz CT molecular complexity index is 1100. The Labute approximate surface area is 205 Å². The standard InChI is InChI=1S/C26H32N4O3S/c1-5-18(3)21-14-10-11-15-22(21)27-25(32)19(4)34-26-29-28-23(16-24(31)33-6-2)30(26)17-20-12-8-7-9-13-20/h7-15,18-19H,5-6,16-17H2,1-4H3,(H,27,32)/t18-,19+/m1/s1. The Morgan fingerprint density at radius 1 is 1.03 bits per heavy atom. The van der Waals surface area contributed by atoms with E-state index in [1.54, 1.807) is 6.92 Å². The van der Waals surface area contributed by atoms with Crippen molar-refractivity contribution in [2.24, 2.45) is 0 Å². The van der Waals surface area contributed by atoms with Crippen molar-refractivity contribution in [2.75, 3.05) is 11.9 Å². The van der Waals surface area contributed by atoms with Crippen LogP contribution in [0, 0.1) is 0 Å². The molecule has 0 saturated heterocycles. The number of carbonyl (C=O) groups excluding carboxylic acids is 2. The number of ether oxygens (including phenoxy) is 1. The van der Waals surface area contributed by atoms with Crippen molar-refractivity contribution >= 4 is 29.3 Å². The second-order valence-corrected chi connectivity index (χ2v) is 9.41. The zero-order chi connectivity index (χ0) is 24.5. The summed E-state index contributed by atoms with van der Waals surface area (Å²) in [4.78, 5) is 25.2. The van der Waals surface area contributed by atoms with Crippen LogP contribution in [-0.4, -0.2) is 38.5 Å². The Hall–Kier alpha value is -3.13. The van der Waals surface area contributed by atoms with Gasteiger partial charge in [-0.3, -0.25) is 9.59 Å². The molecule has 2 atom stereocenters. The molecule has 1 N–H and O–H groups in total. The summed E-state index contributed by atoms with van der Waals surface area (Å²) in [7, 11) is 0. The van der Waals surface area contributed by atoms with E-state index in [0.717, 1.165) is 23.2 Å². The van der Waals surface area contributed by atoms with Crippen LogP contribution in [0.5, 0.6) is 0 Å². The highest BCUT2D eigenvalue weighted by molar-refractivity contribution is 8.00. The lowest BCUT2D eigenvalue weighted by atomic mass is 9.97. The first-order valence-corrected chi connectivity index (χ1v) is 12.5. The van der Waals surface area contributed by atoms with E-state index in [4.69, 9.17) is 4.74 Å². The number of carbonyl (C=O) groups is 2. The number of para-hydroxylation sites is 1. The molecule has 0 radical (unpaired) electrons. The number of anilines is 1. The average molecular weight is 481 g/mol. The summed E-state index contributed by atoms with van der Waals surface area (Å²) in [6, 6.07) is 17.8. The fourth-order valence-corrected chi connectivity index (χ4v) is 4.38. The Kier molecular flexibility index (Phi) is 9.27. The van der Waals surface area contributed by atoms with Crippen LogP contribution in [0.2, 0.25) is 0 Å². The van der Waals surface area contributed by atoms with E-state index in [-0.39, 0.29) is 18.3 Å². The minimum absolute atomic E-state index is 0.0249. The maximum absolute atomic E-state index is 13.1. The quantitative estimate of drug-likeness (QED) is 0.305. The topological polar surface area (TPSA) is 86.1 Å². The summed E-state index contributed by atoms with van der Waals surface area (Å²) in [6.45, 7) is 8.71. The van der Waals surface area contributed by atoms with E-state index in [0.29, 0.717) is 30.1 Å². The molecule has 2 aromatic carbocycles. The van der Waals surface area contributed by atoms with Crippen molar-refractivity contribution in [3.63, 3.8) is 0 Å². The number of amides is 1. The molecule has 0 saturated carbocycles. The molecule has 0 aliphatic carbocycles. The predicted molar refractivity (Wildman–Crippen MR) is 135 cm³/mol. The van der Waals surface area contributed by atoms with E-state index >= 15 is 0 Å². The second-order valence-electron chi connectivity index (χ2n) is 8.10. The zero-order valence-corrected chi connectivity index (χ0v) is 21.0. The summed E-state index contributed by atoms with van der Waals surface area (Å²) in [5, 5.41) is 11.8. The monoisotopic (exact) mass is 480 g/mol. The zero-order valence-electron chi connectivity index (χ0n) is 20.2. The maximum Gasteiger partial charge on any atom is 0.313 e. The van der Waals surface area contributed by atoms with Crippen LogP contribution in [0.15, 0.2) is 59.8 Å². The first-order valence-electron chi connectivity index (χ1n) is 11.6. The molecule has 7 nitrogen and oxygen atoms in total. The lowest BCUT2D eigenvalue weighted by Gasteiger charge is -2.18. The van der Waals surface area contributed by atoms with Gasteiger partial charge in [-0.2, -0.15) is 0 Å². The molecule has 34 heavy (non-hydrogen) atoms. The molecule has 0 bridgehead atoms. The molecule has 1 aromatic heterocycles. The van der Waals surface area contributed by atoms with Gasteiger partial charge in [0.05, 0.1) is 18.4 Å². The molecule has 3 rings (SSSR count). The molecule has 180 valence electrons. The third-order valence-corrected chi connectivity index (χ3v) is 6.68. The molecule has 0 spiro atoms. The van der Waals surface area contributed by atoms with Gasteiger partial charge in [0.2, 0.25) is 5.91 Å².